The number of nitrogens with zero attached hydrogens (tertiary/aromatic N) is 3. The summed E-state index contributed by atoms with van der Waals surface area (Å²) in [7, 11) is -1.99. The van der Waals surface area contributed by atoms with Crippen molar-refractivity contribution in [3.63, 3.8) is 0 Å². The van der Waals surface area contributed by atoms with Crippen molar-refractivity contribution in [1.29, 1.82) is 0 Å². The average Bonchev–Trinajstić information content (AvgIpc) is 2.96. The second-order valence-corrected chi connectivity index (χ2v) is 7.99. The Kier molecular flexibility index (Phi) is 4.71. The van der Waals surface area contributed by atoms with E-state index in [0.717, 1.165) is 36.6 Å². The number of rotatable bonds is 5. The van der Waals surface area contributed by atoms with Crippen LogP contribution >= 0.6 is 0 Å². The lowest BCUT2D eigenvalue weighted by Crippen LogP contribution is -2.30. The van der Waals surface area contributed by atoms with Crippen LogP contribution in [0.5, 0.6) is 0 Å². The summed E-state index contributed by atoms with van der Waals surface area (Å²) in [6.07, 6.45) is 2.09. The molecule has 1 aliphatic rings. The SMILES string of the molecule is CNS(=O)(=O)c1ccc([C@H](C)N[C@@H]2CCCn3nc(C)nc32)cc1. The molecule has 24 heavy (non-hydrogen) atoms. The summed E-state index contributed by atoms with van der Waals surface area (Å²) in [6, 6.07) is 7.21. The van der Waals surface area contributed by atoms with Crippen LogP contribution < -0.4 is 10.0 Å². The molecule has 8 heteroatoms. The highest BCUT2D eigenvalue weighted by molar-refractivity contribution is 7.89. The number of benzene rings is 1. The maximum Gasteiger partial charge on any atom is 0.240 e. The Morgan fingerprint density at radius 2 is 2.00 bits per heavy atom. The van der Waals surface area contributed by atoms with Gasteiger partial charge in [-0.1, -0.05) is 12.1 Å². The first-order valence-electron chi connectivity index (χ1n) is 8.11. The lowest BCUT2D eigenvalue weighted by molar-refractivity contribution is 0.344. The fourth-order valence-electron chi connectivity index (χ4n) is 3.08. The molecule has 0 radical (unpaired) electrons. The van der Waals surface area contributed by atoms with Gasteiger partial charge in [-0.3, -0.25) is 0 Å². The first-order valence-corrected chi connectivity index (χ1v) is 9.60. The van der Waals surface area contributed by atoms with E-state index in [1.54, 1.807) is 12.1 Å². The quantitative estimate of drug-likeness (QED) is 0.857. The summed E-state index contributed by atoms with van der Waals surface area (Å²) in [6.45, 7) is 4.90. The van der Waals surface area contributed by atoms with Gasteiger partial charge in [0, 0.05) is 12.6 Å². The number of aromatic nitrogens is 3. The van der Waals surface area contributed by atoms with Gasteiger partial charge in [0.2, 0.25) is 10.0 Å². The van der Waals surface area contributed by atoms with E-state index in [2.05, 4.69) is 27.0 Å². The van der Waals surface area contributed by atoms with Gasteiger partial charge in [0.1, 0.15) is 11.6 Å². The van der Waals surface area contributed by atoms with Crippen molar-refractivity contribution in [1.82, 2.24) is 24.8 Å². The van der Waals surface area contributed by atoms with E-state index in [0.29, 0.717) is 0 Å². The number of aryl methyl sites for hydroxylation is 2. The van der Waals surface area contributed by atoms with Crippen molar-refractivity contribution >= 4 is 10.0 Å². The molecule has 1 aliphatic heterocycles. The van der Waals surface area contributed by atoms with E-state index in [1.807, 2.05) is 23.7 Å². The summed E-state index contributed by atoms with van der Waals surface area (Å²) in [4.78, 5) is 4.81. The topological polar surface area (TPSA) is 88.9 Å². The van der Waals surface area contributed by atoms with Crippen molar-refractivity contribution in [3.8, 4) is 0 Å². The van der Waals surface area contributed by atoms with Crippen LogP contribution in [0.4, 0.5) is 0 Å². The lowest BCUT2D eigenvalue weighted by Gasteiger charge is -2.26. The fraction of sp³-hybridized carbons (Fsp3) is 0.500. The molecule has 0 bridgehead atoms. The molecule has 0 spiro atoms. The smallest absolute Gasteiger partial charge is 0.240 e. The highest BCUT2D eigenvalue weighted by Crippen LogP contribution is 2.26. The molecular weight excluding hydrogens is 326 g/mol. The van der Waals surface area contributed by atoms with Crippen LogP contribution in [-0.2, 0) is 16.6 Å². The summed E-state index contributed by atoms with van der Waals surface area (Å²) < 4.78 is 27.9. The molecule has 1 aromatic heterocycles. The second-order valence-electron chi connectivity index (χ2n) is 6.10. The Bertz CT molecular complexity index is 813. The highest BCUT2D eigenvalue weighted by Gasteiger charge is 2.25. The molecule has 2 aromatic rings. The third-order valence-corrected chi connectivity index (χ3v) is 5.82. The first kappa shape index (κ1) is 17.1. The van der Waals surface area contributed by atoms with Crippen molar-refractivity contribution in [2.75, 3.05) is 7.05 Å². The Morgan fingerprint density at radius 3 is 2.67 bits per heavy atom. The molecule has 0 unspecified atom stereocenters. The van der Waals surface area contributed by atoms with E-state index in [1.165, 1.54) is 7.05 Å². The Morgan fingerprint density at radius 1 is 1.29 bits per heavy atom. The summed E-state index contributed by atoms with van der Waals surface area (Å²) in [5.74, 6) is 1.79. The number of hydrogen-bond donors (Lipinski definition) is 2. The molecular formula is C16H23N5O2S. The van der Waals surface area contributed by atoms with Crippen LogP contribution in [0, 0.1) is 6.92 Å². The van der Waals surface area contributed by atoms with Crippen LogP contribution in [0.25, 0.3) is 0 Å². The van der Waals surface area contributed by atoms with Crippen molar-refractivity contribution in [2.24, 2.45) is 0 Å². The van der Waals surface area contributed by atoms with E-state index in [-0.39, 0.29) is 17.0 Å². The molecule has 2 N–H and O–H groups in total. The average molecular weight is 349 g/mol. The number of nitrogens with one attached hydrogen (secondary N) is 2. The third-order valence-electron chi connectivity index (χ3n) is 4.39. The standard InChI is InChI=1S/C16H23N5O2S/c1-11(13-6-8-14(9-7-13)24(22,23)17-3)18-15-5-4-10-21-16(15)19-12(2)20-21/h6-9,11,15,17-18H,4-5,10H2,1-3H3/t11-,15+/m0/s1. The first-order chi connectivity index (χ1) is 11.4. The van der Waals surface area contributed by atoms with Crippen LogP contribution in [0.3, 0.4) is 0 Å². The van der Waals surface area contributed by atoms with E-state index < -0.39 is 10.0 Å². The summed E-state index contributed by atoms with van der Waals surface area (Å²) >= 11 is 0. The summed E-state index contributed by atoms with van der Waals surface area (Å²) in [5, 5.41) is 8.01. The maximum atomic E-state index is 11.8. The minimum Gasteiger partial charge on any atom is -0.301 e. The molecule has 7 nitrogen and oxygen atoms in total. The molecule has 2 atom stereocenters. The minimum atomic E-state index is -3.40. The zero-order valence-electron chi connectivity index (χ0n) is 14.2. The van der Waals surface area contributed by atoms with Crippen molar-refractivity contribution in [2.45, 2.75) is 50.2 Å². The largest absolute Gasteiger partial charge is 0.301 e. The number of hydrogen-bond acceptors (Lipinski definition) is 5. The zero-order valence-corrected chi connectivity index (χ0v) is 15.0. The Hall–Kier alpha value is -1.77. The molecule has 1 aromatic carbocycles. The predicted octanol–water partition coefficient (Wildman–Crippen LogP) is 1.68. The van der Waals surface area contributed by atoms with Crippen LogP contribution in [0.1, 0.15) is 49.1 Å². The third kappa shape index (κ3) is 3.35. The van der Waals surface area contributed by atoms with Crippen molar-refractivity contribution in [3.05, 3.63) is 41.5 Å². The Labute approximate surface area is 142 Å². The molecule has 0 aliphatic carbocycles. The van der Waals surface area contributed by atoms with Gasteiger partial charge in [-0.2, -0.15) is 5.10 Å². The van der Waals surface area contributed by atoms with Gasteiger partial charge >= 0.3 is 0 Å². The zero-order chi connectivity index (χ0) is 17.3. The highest BCUT2D eigenvalue weighted by atomic mass is 32.2. The van der Waals surface area contributed by atoms with E-state index in [4.69, 9.17) is 0 Å². The van der Waals surface area contributed by atoms with Gasteiger partial charge in [-0.25, -0.2) is 22.8 Å². The Balaban J connectivity index is 1.75. The molecule has 0 saturated carbocycles. The number of sulfonamides is 1. The molecule has 0 fully saturated rings. The molecule has 0 amide bonds. The monoisotopic (exact) mass is 349 g/mol. The fourth-order valence-corrected chi connectivity index (χ4v) is 3.81. The second kappa shape index (κ2) is 6.62. The molecule has 3 rings (SSSR count). The molecule has 0 saturated heterocycles. The lowest BCUT2D eigenvalue weighted by atomic mass is 10.0. The van der Waals surface area contributed by atoms with Gasteiger partial charge in [-0.05, 0) is 51.4 Å². The number of fused-ring (bicyclic) bond motifs is 1. The van der Waals surface area contributed by atoms with Crippen LogP contribution in [0.2, 0.25) is 0 Å². The van der Waals surface area contributed by atoms with Gasteiger partial charge in [0.15, 0.2) is 0 Å². The summed E-state index contributed by atoms with van der Waals surface area (Å²) in [5.41, 5.74) is 1.04. The van der Waals surface area contributed by atoms with Crippen LogP contribution in [-0.4, -0.2) is 30.2 Å². The van der Waals surface area contributed by atoms with Crippen LogP contribution in [0.15, 0.2) is 29.2 Å². The predicted molar refractivity (Wildman–Crippen MR) is 91.0 cm³/mol. The van der Waals surface area contributed by atoms with Gasteiger partial charge in [0.05, 0.1) is 10.9 Å². The van der Waals surface area contributed by atoms with Gasteiger partial charge in [-0.15, -0.1) is 0 Å². The molecule has 2 heterocycles. The molecule has 130 valence electrons. The van der Waals surface area contributed by atoms with Gasteiger partial charge < -0.3 is 5.32 Å². The van der Waals surface area contributed by atoms with Crippen molar-refractivity contribution < 1.29 is 8.42 Å². The normalized spacial score (nSPS) is 19.0. The van der Waals surface area contributed by atoms with E-state index >= 15 is 0 Å². The van der Waals surface area contributed by atoms with E-state index in [9.17, 15) is 8.42 Å². The maximum absolute atomic E-state index is 11.8. The minimum absolute atomic E-state index is 0.0879. The van der Waals surface area contributed by atoms with Gasteiger partial charge in [0.25, 0.3) is 0 Å².